The third kappa shape index (κ3) is 2.27. The first-order valence-corrected chi connectivity index (χ1v) is 5.28. The van der Waals surface area contributed by atoms with Gasteiger partial charge < -0.3 is 10.4 Å². The molecule has 3 heteroatoms. The molecule has 1 unspecified atom stereocenters. The van der Waals surface area contributed by atoms with Gasteiger partial charge in [-0.05, 0) is 43.1 Å². The maximum absolute atomic E-state index is 9.88. The highest BCUT2D eigenvalue weighted by Crippen LogP contribution is 2.24. The zero-order valence-corrected chi connectivity index (χ0v) is 8.67. The number of nitrogens with one attached hydrogen (secondary N) is 1. The smallest absolute Gasteiger partial charge is 0.0793 e. The summed E-state index contributed by atoms with van der Waals surface area (Å²) in [6, 6.07) is 7.41. The van der Waals surface area contributed by atoms with Crippen LogP contribution in [0.5, 0.6) is 0 Å². The van der Waals surface area contributed by atoms with Crippen molar-refractivity contribution in [2.75, 3.05) is 13.1 Å². The van der Waals surface area contributed by atoms with Gasteiger partial charge in [0.05, 0.1) is 6.10 Å². The van der Waals surface area contributed by atoms with Gasteiger partial charge in [0.2, 0.25) is 0 Å². The number of hydrogen-bond acceptors (Lipinski definition) is 2. The molecule has 1 saturated heterocycles. The van der Waals surface area contributed by atoms with Crippen LogP contribution in [0.1, 0.15) is 18.1 Å². The average molecular weight is 212 g/mol. The third-order valence-corrected chi connectivity index (χ3v) is 2.93. The monoisotopic (exact) mass is 211 g/mol. The Kier molecular flexibility index (Phi) is 3.06. The molecule has 0 aliphatic carbocycles. The fourth-order valence-corrected chi connectivity index (χ4v) is 1.78. The second-order valence-electron chi connectivity index (χ2n) is 3.83. The molecule has 2 N–H and O–H groups in total. The van der Waals surface area contributed by atoms with Crippen molar-refractivity contribution in [2.45, 2.75) is 12.5 Å². The molecule has 2 rings (SSSR count). The summed E-state index contributed by atoms with van der Waals surface area (Å²) in [5, 5.41) is 13.8. The van der Waals surface area contributed by atoms with Crippen LogP contribution in [0.4, 0.5) is 0 Å². The van der Waals surface area contributed by atoms with E-state index in [1.807, 2.05) is 24.3 Å². The van der Waals surface area contributed by atoms with Gasteiger partial charge in [0, 0.05) is 5.02 Å². The largest absolute Gasteiger partial charge is 0.388 e. The maximum atomic E-state index is 9.88. The molecule has 0 radical (unpaired) electrons. The minimum Gasteiger partial charge on any atom is -0.388 e. The molecule has 1 aliphatic rings. The predicted molar refractivity (Wildman–Crippen MR) is 57.4 cm³/mol. The number of hydrogen-bond donors (Lipinski definition) is 2. The summed E-state index contributed by atoms with van der Waals surface area (Å²) < 4.78 is 0. The topological polar surface area (TPSA) is 32.3 Å². The number of aliphatic hydroxyl groups excluding tert-OH is 1. The Morgan fingerprint density at radius 1 is 1.36 bits per heavy atom. The fraction of sp³-hybridized carbons (Fsp3) is 0.455. The molecule has 1 fully saturated rings. The summed E-state index contributed by atoms with van der Waals surface area (Å²) in [4.78, 5) is 0. The normalized spacial score (nSPS) is 19.0. The first-order chi connectivity index (χ1) is 6.75. The minimum absolute atomic E-state index is 0.348. The van der Waals surface area contributed by atoms with Crippen LogP contribution in [-0.2, 0) is 0 Å². The Morgan fingerprint density at radius 3 is 2.50 bits per heavy atom. The van der Waals surface area contributed by atoms with Crippen LogP contribution >= 0.6 is 11.6 Å². The lowest BCUT2D eigenvalue weighted by Crippen LogP contribution is -2.42. The van der Waals surface area contributed by atoms with Crippen LogP contribution in [0.2, 0.25) is 5.02 Å². The lowest BCUT2D eigenvalue weighted by atomic mass is 9.93. The van der Waals surface area contributed by atoms with Crippen molar-refractivity contribution >= 4 is 11.6 Å². The quantitative estimate of drug-likeness (QED) is 0.802. The second-order valence-corrected chi connectivity index (χ2v) is 4.26. The zero-order chi connectivity index (χ0) is 9.97. The Morgan fingerprint density at radius 2 is 2.00 bits per heavy atom. The van der Waals surface area contributed by atoms with Gasteiger partial charge in [-0.1, -0.05) is 23.7 Å². The van der Waals surface area contributed by atoms with Gasteiger partial charge in [0.1, 0.15) is 0 Å². The van der Waals surface area contributed by atoms with Gasteiger partial charge in [-0.3, -0.25) is 0 Å². The first kappa shape index (κ1) is 9.97. The summed E-state index contributed by atoms with van der Waals surface area (Å²) >= 11 is 5.77. The SMILES string of the molecule is OC(CC1CNC1)c1ccc(Cl)cc1. The summed E-state index contributed by atoms with van der Waals surface area (Å²) in [5.74, 6) is 0.626. The zero-order valence-electron chi connectivity index (χ0n) is 7.91. The molecule has 14 heavy (non-hydrogen) atoms. The Bertz CT molecular complexity index is 295. The van der Waals surface area contributed by atoms with Gasteiger partial charge in [-0.15, -0.1) is 0 Å². The van der Waals surface area contributed by atoms with Crippen LogP contribution in [0.15, 0.2) is 24.3 Å². The van der Waals surface area contributed by atoms with Crippen molar-refractivity contribution in [3.05, 3.63) is 34.9 Å². The van der Waals surface area contributed by atoms with Gasteiger partial charge >= 0.3 is 0 Å². The molecule has 2 nitrogen and oxygen atoms in total. The van der Waals surface area contributed by atoms with E-state index in [2.05, 4.69) is 5.32 Å². The highest BCUT2D eigenvalue weighted by Gasteiger charge is 2.21. The summed E-state index contributed by atoms with van der Waals surface area (Å²) in [6.45, 7) is 2.06. The van der Waals surface area contributed by atoms with Crippen LogP contribution in [-0.4, -0.2) is 18.2 Å². The van der Waals surface area contributed by atoms with E-state index in [9.17, 15) is 5.11 Å². The van der Waals surface area contributed by atoms with Crippen molar-refractivity contribution in [1.82, 2.24) is 5.32 Å². The van der Waals surface area contributed by atoms with Crippen LogP contribution in [0.25, 0.3) is 0 Å². The highest BCUT2D eigenvalue weighted by molar-refractivity contribution is 6.30. The van der Waals surface area contributed by atoms with E-state index >= 15 is 0 Å². The molecule has 1 aromatic rings. The van der Waals surface area contributed by atoms with Gasteiger partial charge in [0.25, 0.3) is 0 Å². The lowest BCUT2D eigenvalue weighted by Gasteiger charge is -2.29. The van der Waals surface area contributed by atoms with Crippen molar-refractivity contribution < 1.29 is 5.11 Å². The first-order valence-electron chi connectivity index (χ1n) is 4.90. The molecule has 0 spiro atoms. The number of aliphatic hydroxyl groups is 1. The number of rotatable bonds is 3. The van der Waals surface area contributed by atoms with Crippen molar-refractivity contribution in [1.29, 1.82) is 0 Å². The van der Waals surface area contributed by atoms with Gasteiger partial charge in [0.15, 0.2) is 0 Å². The second kappa shape index (κ2) is 4.30. The van der Waals surface area contributed by atoms with Crippen LogP contribution < -0.4 is 5.32 Å². The molecular weight excluding hydrogens is 198 g/mol. The van der Waals surface area contributed by atoms with E-state index in [1.165, 1.54) is 0 Å². The Labute approximate surface area is 88.9 Å². The van der Waals surface area contributed by atoms with Crippen LogP contribution in [0, 0.1) is 5.92 Å². The summed E-state index contributed by atoms with van der Waals surface area (Å²) in [5.41, 5.74) is 0.960. The Hall–Kier alpha value is -0.570. The lowest BCUT2D eigenvalue weighted by molar-refractivity contribution is 0.127. The fourth-order valence-electron chi connectivity index (χ4n) is 1.65. The summed E-state index contributed by atoms with van der Waals surface area (Å²) in [6.07, 6.45) is 0.494. The molecule has 1 atom stereocenters. The maximum Gasteiger partial charge on any atom is 0.0793 e. The average Bonchev–Trinajstić information content (AvgIpc) is 2.12. The minimum atomic E-state index is -0.348. The van der Waals surface area contributed by atoms with E-state index in [-0.39, 0.29) is 6.10 Å². The Balaban J connectivity index is 1.95. The molecule has 1 aliphatic heterocycles. The molecule has 0 saturated carbocycles. The van der Waals surface area contributed by atoms with Gasteiger partial charge in [-0.25, -0.2) is 0 Å². The van der Waals surface area contributed by atoms with E-state index in [0.29, 0.717) is 10.9 Å². The van der Waals surface area contributed by atoms with Crippen molar-refractivity contribution in [3.63, 3.8) is 0 Å². The molecule has 0 aromatic heterocycles. The number of halogens is 1. The van der Waals surface area contributed by atoms with Crippen molar-refractivity contribution in [3.8, 4) is 0 Å². The molecular formula is C11H14ClNO. The number of benzene rings is 1. The molecule has 1 aromatic carbocycles. The highest BCUT2D eigenvalue weighted by atomic mass is 35.5. The molecule has 76 valence electrons. The molecule has 0 amide bonds. The van der Waals surface area contributed by atoms with E-state index in [4.69, 9.17) is 11.6 Å². The van der Waals surface area contributed by atoms with E-state index in [1.54, 1.807) is 0 Å². The van der Waals surface area contributed by atoms with Crippen molar-refractivity contribution in [2.24, 2.45) is 5.92 Å². The standard InChI is InChI=1S/C11H14ClNO/c12-10-3-1-9(2-4-10)11(14)5-8-6-13-7-8/h1-4,8,11,13-14H,5-7H2. The van der Waals surface area contributed by atoms with Gasteiger partial charge in [-0.2, -0.15) is 0 Å². The summed E-state index contributed by atoms with van der Waals surface area (Å²) in [7, 11) is 0. The predicted octanol–water partition coefficient (Wildman–Crippen LogP) is 1.98. The van der Waals surface area contributed by atoms with Crippen LogP contribution in [0.3, 0.4) is 0 Å². The molecule has 0 bridgehead atoms. The van der Waals surface area contributed by atoms with E-state index < -0.39 is 0 Å². The molecule has 1 heterocycles. The third-order valence-electron chi connectivity index (χ3n) is 2.68. The van der Waals surface area contributed by atoms with E-state index in [0.717, 1.165) is 25.1 Å².